The van der Waals surface area contributed by atoms with Crippen LogP contribution in [0.1, 0.15) is 18.1 Å². The maximum atomic E-state index is 5.63. The first-order chi connectivity index (χ1) is 7.27. The highest BCUT2D eigenvalue weighted by atomic mass is 15.0. The number of nitrogens with zero attached hydrogens (tertiary/aromatic N) is 1. The number of rotatable bonds is 3. The molecule has 0 aliphatic heterocycles. The summed E-state index contributed by atoms with van der Waals surface area (Å²) in [5.41, 5.74) is 9.75. The summed E-state index contributed by atoms with van der Waals surface area (Å²) in [4.78, 5) is 0. The number of benzene rings is 1. The van der Waals surface area contributed by atoms with Gasteiger partial charge in [-0.1, -0.05) is 25.1 Å². The molecule has 15 heavy (non-hydrogen) atoms. The maximum absolute atomic E-state index is 5.63. The topological polar surface area (TPSA) is 30.9 Å². The van der Waals surface area contributed by atoms with Crippen LogP contribution in [-0.4, -0.2) is 11.1 Å². The van der Waals surface area contributed by atoms with Gasteiger partial charge in [-0.2, -0.15) is 0 Å². The van der Waals surface area contributed by atoms with Gasteiger partial charge in [-0.25, -0.2) is 0 Å². The van der Waals surface area contributed by atoms with E-state index < -0.39 is 0 Å². The number of aromatic nitrogens is 1. The van der Waals surface area contributed by atoms with Gasteiger partial charge in [0.05, 0.1) is 5.52 Å². The molecular formula is C13H18N2. The first-order valence-electron chi connectivity index (χ1n) is 5.55. The minimum atomic E-state index is 0.696. The predicted molar refractivity (Wildman–Crippen MR) is 65.1 cm³/mol. The van der Waals surface area contributed by atoms with Gasteiger partial charge in [0.2, 0.25) is 0 Å². The number of hydrogen-bond acceptors (Lipinski definition) is 1. The van der Waals surface area contributed by atoms with Crippen molar-refractivity contribution in [2.24, 2.45) is 5.73 Å². The van der Waals surface area contributed by atoms with Crippen molar-refractivity contribution in [3.05, 3.63) is 35.5 Å². The lowest BCUT2D eigenvalue weighted by Crippen LogP contribution is -2.09. The molecule has 0 saturated heterocycles. The number of nitrogens with two attached hydrogens (primary N) is 1. The third kappa shape index (κ3) is 1.65. The number of fused-ring (bicyclic) bond motifs is 1. The predicted octanol–water partition coefficient (Wildman–Crippen LogP) is 2.47. The van der Waals surface area contributed by atoms with Crippen molar-refractivity contribution in [2.45, 2.75) is 26.8 Å². The molecule has 1 aromatic heterocycles. The summed E-state index contributed by atoms with van der Waals surface area (Å²) in [7, 11) is 0. The van der Waals surface area contributed by atoms with Crippen LogP contribution in [0.2, 0.25) is 0 Å². The van der Waals surface area contributed by atoms with Crippen LogP contribution in [0.15, 0.2) is 24.4 Å². The monoisotopic (exact) mass is 202 g/mol. The van der Waals surface area contributed by atoms with Crippen molar-refractivity contribution in [2.75, 3.05) is 6.54 Å². The summed E-state index contributed by atoms with van der Waals surface area (Å²) in [5, 5.41) is 1.36. The lowest BCUT2D eigenvalue weighted by molar-refractivity contribution is 0.731. The van der Waals surface area contributed by atoms with Gasteiger partial charge in [0.15, 0.2) is 0 Å². The van der Waals surface area contributed by atoms with Crippen molar-refractivity contribution in [3.8, 4) is 0 Å². The van der Waals surface area contributed by atoms with E-state index in [0.29, 0.717) is 6.54 Å². The van der Waals surface area contributed by atoms with Crippen LogP contribution in [0, 0.1) is 6.92 Å². The Balaban J connectivity index is 2.70. The van der Waals surface area contributed by atoms with Crippen molar-refractivity contribution in [1.29, 1.82) is 0 Å². The van der Waals surface area contributed by atoms with Crippen LogP contribution in [0.4, 0.5) is 0 Å². The van der Waals surface area contributed by atoms with E-state index in [0.717, 1.165) is 13.0 Å². The molecule has 0 fully saturated rings. The molecule has 0 atom stereocenters. The smallest absolute Gasteiger partial charge is 0.0515 e. The highest BCUT2D eigenvalue weighted by Gasteiger charge is 2.07. The normalized spacial score (nSPS) is 11.1. The molecule has 0 bridgehead atoms. The molecule has 2 N–H and O–H groups in total. The van der Waals surface area contributed by atoms with Crippen LogP contribution < -0.4 is 5.73 Å². The zero-order valence-corrected chi connectivity index (χ0v) is 9.46. The SMILES string of the molecule is CCc1cccc2c(C)cn(CCN)c12. The second-order valence-electron chi connectivity index (χ2n) is 3.96. The number of hydrogen-bond donors (Lipinski definition) is 1. The van der Waals surface area contributed by atoms with Gasteiger partial charge in [-0.3, -0.25) is 0 Å². The molecule has 2 heteroatoms. The van der Waals surface area contributed by atoms with Crippen LogP contribution >= 0.6 is 0 Å². The Morgan fingerprint density at radius 2 is 2.13 bits per heavy atom. The van der Waals surface area contributed by atoms with E-state index in [1.54, 1.807) is 0 Å². The van der Waals surface area contributed by atoms with Gasteiger partial charge in [-0.15, -0.1) is 0 Å². The summed E-state index contributed by atoms with van der Waals surface area (Å²) in [5.74, 6) is 0. The molecular weight excluding hydrogens is 184 g/mol. The van der Waals surface area contributed by atoms with Crippen molar-refractivity contribution in [3.63, 3.8) is 0 Å². The Labute approximate surface area is 90.7 Å². The molecule has 0 radical (unpaired) electrons. The Kier molecular flexibility index (Phi) is 2.78. The summed E-state index contributed by atoms with van der Waals surface area (Å²) < 4.78 is 2.28. The minimum absolute atomic E-state index is 0.696. The van der Waals surface area contributed by atoms with Gasteiger partial charge in [0.1, 0.15) is 0 Å². The van der Waals surface area contributed by atoms with Crippen LogP contribution in [0.5, 0.6) is 0 Å². The van der Waals surface area contributed by atoms with E-state index in [1.165, 1.54) is 22.0 Å². The van der Waals surface area contributed by atoms with E-state index in [-0.39, 0.29) is 0 Å². The average molecular weight is 202 g/mol. The minimum Gasteiger partial charge on any atom is -0.346 e. The van der Waals surface area contributed by atoms with E-state index >= 15 is 0 Å². The Hall–Kier alpha value is -1.28. The Morgan fingerprint density at radius 3 is 2.80 bits per heavy atom. The second-order valence-corrected chi connectivity index (χ2v) is 3.96. The molecule has 2 aromatic rings. The Bertz CT molecular complexity index is 469. The third-order valence-corrected chi connectivity index (χ3v) is 2.93. The number of aryl methyl sites for hydroxylation is 2. The zero-order valence-electron chi connectivity index (χ0n) is 9.46. The Morgan fingerprint density at radius 1 is 1.33 bits per heavy atom. The van der Waals surface area contributed by atoms with Gasteiger partial charge in [-0.05, 0) is 24.5 Å². The fraction of sp³-hybridized carbons (Fsp3) is 0.385. The summed E-state index contributed by atoms with van der Waals surface area (Å²) in [6.07, 6.45) is 3.28. The standard InChI is InChI=1S/C13H18N2/c1-3-11-5-4-6-12-10(2)9-15(8-7-14)13(11)12/h4-6,9H,3,7-8,14H2,1-2H3. The van der Waals surface area contributed by atoms with E-state index in [9.17, 15) is 0 Å². The fourth-order valence-corrected chi connectivity index (χ4v) is 2.22. The molecule has 0 amide bonds. The molecule has 2 rings (SSSR count). The molecule has 0 spiro atoms. The molecule has 0 aliphatic carbocycles. The van der Waals surface area contributed by atoms with Gasteiger partial charge >= 0.3 is 0 Å². The molecule has 0 saturated carbocycles. The van der Waals surface area contributed by atoms with E-state index in [4.69, 9.17) is 5.73 Å². The highest BCUT2D eigenvalue weighted by molar-refractivity contribution is 5.86. The van der Waals surface area contributed by atoms with Crippen molar-refractivity contribution in [1.82, 2.24) is 4.57 Å². The van der Waals surface area contributed by atoms with Gasteiger partial charge in [0, 0.05) is 24.7 Å². The fourth-order valence-electron chi connectivity index (χ4n) is 2.22. The molecule has 80 valence electrons. The molecule has 1 heterocycles. The first-order valence-corrected chi connectivity index (χ1v) is 5.55. The summed E-state index contributed by atoms with van der Waals surface area (Å²) >= 11 is 0. The highest BCUT2D eigenvalue weighted by Crippen LogP contribution is 2.24. The van der Waals surface area contributed by atoms with Crippen LogP contribution in [0.25, 0.3) is 10.9 Å². The average Bonchev–Trinajstić information content (AvgIpc) is 2.57. The molecule has 0 unspecified atom stereocenters. The van der Waals surface area contributed by atoms with Gasteiger partial charge < -0.3 is 10.3 Å². The maximum Gasteiger partial charge on any atom is 0.0515 e. The van der Waals surface area contributed by atoms with E-state index in [1.807, 2.05) is 0 Å². The zero-order chi connectivity index (χ0) is 10.8. The largest absolute Gasteiger partial charge is 0.346 e. The van der Waals surface area contributed by atoms with Crippen LogP contribution in [0.3, 0.4) is 0 Å². The third-order valence-electron chi connectivity index (χ3n) is 2.93. The summed E-state index contributed by atoms with van der Waals surface area (Å²) in [6, 6.07) is 6.53. The van der Waals surface area contributed by atoms with E-state index in [2.05, 4.69) is 42.8 Å². The quantitative estimate of drug-likeness (QED) is 0.814. The molecule has 1 aromatic carbocycles. The summed E-state index contributed by atoms with van der Waals surface area (Å²) in [6.45, 7) is 5.96. The lowest BCUT2D eigenvalue weighted by atomic mass is 10.1. The molecule has 2 nitrogen and oxygen atoms in total. The second kappa shape index (κ2) is 4.07. The van der Waals surface area contributed by atoms with Crippen LogP contribution in [-0.2, 0) is 13.0 Å². The van der Waals surface area contributed by atoms with Crippen molar-refractivity contribution >= 4 is 10.9 Å². The first kappa shape index (κ1) is 10.2. The lowest BCUT2D eigenvalue weighted by Gasteiger charge is -2.06. The van der Waals surface area contributed by atoms with Crippen molar-refractivity contribution < 1.29 is 0 Å². The van der Waals surface area contributed by atoms with Gasteiger partial charge in [0.25, 0.3) is 0 Å². The number of para-hydroxylation sites is 1. The molecule has 0 aliphatic rings.